The molecule has 138 valence electrons. The molecule has 0 aliphatic heterocycles. The normalized spacial score (nSPS) is 10.3. The van der Waals surface area contributed by atoms with E-state index in [9.17, 15) is 4.79 Å². The summed E-state index contributed by atoms with van der Waals surface area (Å²) >= 11 is 5.87. The molecule has 1 amide bonds. The number of hydrogen-bond acceptors (Lipinski definition) is 3. The first-order chi connectivity index (χ1) is 13.2. The van der Waals surface area contributed by atoms with Gasteiger partial charge < -0.3 is 15.4 Å². The van der Waals surface area contributed by atoms with Crippen LogP contribution in [0.3, 0.4) is 0 Å². The average Bonchev–Trinajstić information content (AvgIpc) is 2.70. The third-order valence-corrected chi connectivity index (χ3v) is 4.20. The van der Waals surface area contributed by atoms with E-state index in [-0.39, 0.29) is 12.5 Å². The van der Waals surface area contributed by atoms with Crippen molar-refractivity contribution in [3.05, 3.63) is 89.4 Å². The van der Waals surface area contributed by atoms with Gasteiger partial charge in [0.15, 0.2) is 5.75 Å². The molecule has 5 heteroatoms. The molecule has 0 radical (unpaired) electrons. The molecular weight excluding hydrogens is 360 g/mol. The highest BCUT2D eigenvalue weighted by atomic mass is 35.5. The minimum Gasteiger partial charge on any atom is -0.455 e. The number of amides is 1. The van der Waals surface area contributed by atoms with Gasteiger partial charge in [0, 0.05) is 11.6 Å². The van der Waals surface area contributed by atoms with Crippen molar-refractivity contribution in [3.8, 4) is 11.5 Å². The van der Waals surface area contributed by atoms with Crippen molar-refractivity contribution in [2.24, 2.45) is 0 Å². The van der Waals surface area contributed by atoms with Crippen LogP contribution >= 0.6 is 11.6 Å². The van der Waals surface area contributed by atoms with Crippen molar-refractivity contribution in [2.75, 3.05) is 18.4 Å². The Balaban J connectivity index is 1.48. The summed E-state index contributed by atoms with van der Waals surface area (Å²) in [5, 5.41) is 6.76. The molecule has 3 aromatic carbocycles. The number of hydrogen-bond donors (Lipinski definition) is 2. The quantitative estimate of drug-likeness (QED) is 0.584. The molecule has 3 aromatic rings. The third-order valence-electron chi connectivity index (χ3n) is 3.95. The predicted octanol–water partition coefficient (Wildman–Crippen LogP) is 4.90. The van der Waals surface area contributed by atoms with Gasteiger partial charge in [0.05, 0.1) is 12.2 Å². The summed E-state index contributed by atoms with van der Waals surface area (Å²) in [6, 6.07) is 24.7. The summed E-state index contributed by atoms with van der Waals surface area (Å²) in [5.74, 6) is 1.36. The summed E-state index contributed by atoms with van der Waals surface area (Å²) in [6.07, 6.45) is 0.761. The number of carbonyl (C=O) groups is 1. The highest BCUT2D eigenvalue weighted by molar-refractivity contribution is 6.30. The molecule has 0 bridgehead atoms. The van der Waals surface area contributed by atoms with Crippen molar-refractivity contribution in [3.63, 3.8) is 0 Å². The van der Waals surface area contributed by atoms with Crippen LogP contribution in [0.5, 0.6) is 11.5 Å². The summed E-state index contributed by atoms with van der Waals surface area (Å²) in [5.41, 5.74) is 1.91. The van der Waals surface area contributed by atoms with E-state index in [1.807, 2.05) is 78.9 Å². The highest BCUT2D eigenvalue weighted by Crippen LogP contribution is 2.28. The van der Waals surface area contributed by atoms with Gasteiger partial charge in [0.25, 0.3) is 0 Å². The van der Waals surface area contributed by atoms with Crippen LogP contribution in [0.25, 0.3) is 0 Å². The van der Waals surface area contributed by atoms with Crippen LogP contribution in [0, 0.1) is 0 Å². The molecule has 0 aromatic heterocycles. The molecule has 4 nitrogen and oxygen atoms in total. The molecule has 0 saturated heterocycles. The molecule has 0 aliphatic rings. The van der Waals surface area contributed by atoms with Crippen LogP contribution in [-0.4, -0.2) is 19.0 Å². The van der Waals surface area contributed by atoms with Crippen LogP contribution in [-0.2, 0) is 11.2 Å². The molecule has 0 spiro atoms. The summed E-state index contributed by atoms with van der Waals surface area (Å²) in [4.78, 5) is 12.1. The highest BCUT2D eigenvalue weighted by Gasteiger charge is 2.06. The fraction of sp³-hybridized carbons (Fsp3) is 0.136. The maximum absolute atomic E-state index is 12.1. The molecule has 2 N–H and O–H groups in total. The van der Waals surface area contributed by atoms with E-state index in [0.717, 1.165) is 23.4 Å². The number of rotatable bonds is 8. The van der Waals surface area contributed by atoms with Gasteiger partial charge in [-0.05, 0) is 48.4 Å². The zero-order valence-corrected chi connectivity index (χ0v) is 15.6. The van der Waals surface area contributed by atoms with Crippen LogP contribution in [0.1, 0.15) is 5.56 Å². The van der Waals surface area contributed by atoms with Gasteiger partial charge in [0.2, 0.25) is 5.91 Å². The van der Waals surface area contributed by atoms with E-state index < -0.39 is 0 Å². The Morgan fingerprint density at radius 3 is 2.37 bits per heavy atom. The number of carbonyl (C=O) groups excluding carboxylic acids is 1. The standard InChI is InChI=1S/C22H21ClN2O2/c23-18-12-10-17(11-13-18)14-15-24-22(26)16-25-20-8-4-5-9-21(20)27-19-6-2-1-3-7-19/h1-13,25H,14-16H2,(H,24,26). The van der Waals surface area contributed by atoms with Crippen LogP contribution in [0.4, 0.5) is 5.69 Å². The lowest BCUT2D eigenvalue weighted by molar-refractivity contribution is -0.119. The topological polar surface area (TPSA) is 50.4 Å². The summed E-state index contributed by atoms with van der Waals surface area (Å²) < 4.78 is 5.89. The Morgan fingerprint density at radius 1 is 0.889 bits per heavy atom. The number of ether oxygens (including phenoxy) is 1. The molecule has 0 heterocycles. The first-order valence-electron chi connectivity index (χ1n) is 8.77. The smallest absolute Gasteiger partial charge is 0.239 e. The summed E-state index contributed by atoms with van der Waals surface area (Å²) in [7, 11) is 0. The Bertz CT molecular complexity index is 867. The lowest BCUT2D eigenvalue weighted by atomic mass is 10.1. The minimum absolute atomic E-state index is 0.0709. The Morgan fingerprint density at radius 2 is 1.59 bits per heavy atom. The van der Waals surface area contributed by atoms with E-state index in [2.05, 4.69) is 10.6 Å². The fourth-order valence-electron chi connectivity index (χ4n) is 2.55. The fourth-order valence-corrected chi connectivity index (χ4v) is 2.68. The van der Waals surface area contributed by atoms with Crippen LogP contribution < -0.4 is 15.4 Å². The van der Waals surface area contributed by atoms with E-state index >= 15 is 0 Å². The minimum atomic E-state index is -0.0709. The number of benzene rings is 3. The maximum atomic E-state index is 12.1. The van der Waals surface area contributed by atoms with Gasteiger partial charge in [0.1, 0.15) is 5.75 Å². The van der Waals surface area contributed by atoms with E-state index in [1.165, 1.54) is 0 Å². The predicted molar refractivity (Wildman–Crippen MR) is 110 cm³/mol. The van der Waals surface area contributed by atoms with Gasteiger partial charge in [-0.15, -0.1) is 0 Å². The second-order valence-corrected chi connectivity index (χ2v) is 6.43. The van der Waals surface area contributed by atoms with Crippen LogP contribution in [0.2, 0.25) is 5.02 Å². The number of halogens is 1. The molecule has 0 atom stereocenters. The SMILES string of the molecule is O=C(CNc1ccccc1Oc1ccccc1)NCCc1ccc(Cl)cc1. The van der Waals surface area contributed by atoms with Crippen LogP contribution in [0.15, 0.2) is 78.9 Å². The van der Waals surface area contributed by atoms with Crippen molar-refractivity contribution < 1.29 is 9.53 Å². The molecule has 0 saturated carbocycles. The van der Waals surface area contributed by atoms with E-state index in [0.29, 0.717) is 17.3 Å². The van der Waals surface area contributed by atoms with E-state index in [4.69, 9.17) is 16.3 Å². The largest absolute Gasteiger partial charge is 0.455 e. The second-order valence-electron chi connectivity index (χ2n) is 5.99. The summed E-state index contributed by atoms with van der Waals surface area (Å²) in [6.45, 7) is 0.750. The molecular formula is C22H21ClN2O2. The Kier molecular flexibility index (Phi) is 6.72. The van der Waals surface area contributed by atoms with E-state index in [1.54, 1.807) is 0 Å². The third kappa shape index (κ3) is 6.04. The Hall–Kier alpha value is -2.98. The average molecular weight is 381 g/mol. The second kappa shape index (κ2) is 9.64. The maximum Gasteiger partial charge on any atom is 0.239 e. The molecule has 27 heavy (non-hydrogen) atoms. The molecule has 0 aliphatic carbocycles. The van der Waals surface area contributed by atoms with Crippen molar-refractivity contribution >= 4 is 23.2 Å². The molecule has 0 fully saturated rings. The lowest BCUT2D eigenvalue weighted by Gasteiger charge is -2.13. The van der Waals surface area contributed by atoms with Gasteiger partial charge in [-0.2, -0.15) is 0 Å². The van der Waals surface area contributed by atoms with Gasteiger partial charge in [-0.1, -0.05) is 54.1 Å². The first kappa shape index (κ1) is 18.8. The number of para-hydroxylation sites is 3. The first-order valence-corrected chi connectivity index (χ1v) is 9.15. The number of anilines is 1. The number of nitrogens with one attached hydrogen (secondary N) is 2. The van der Waals surface area contributed by atoms with Crippen molar-refractivity contribution in [1.29, 1.82) is 0 Å². The molecule has 3 rings (SSSR count). The van der Waals surface area contributed by atoms with Crippen molar-refractivity contribution in [2.45, 2.75) is 6.42 Å². The van der Waals surface area contributed by atoms with Gasteiger partial charge in [-0.25, -0.2) is 0 Å². The zero-order chi connectivity index (χ0) is 18.9. The molecule has 0 unspecified atom stereocenters. The monoisotopic (exact) mass is 380 g/mol. The van der Waals surface area contributed by atoms with Gasteiger partial charge in [-0.3, -0.25) is 4.79 Å². The van der Waals surface area contributed by atoms with Gasteiger partial charge >= 0.3 is 0 Å². The Labute approximate surface area is 164 Å². The lowest BCUT2D eigenvalue weighted by Crippen LogP contribution is -2.31. The zero-order valence-electron chi connectivity index (χ0n) is 14.8. The van der Waals surface area contributed by atoms with Crippen molar-refractivity contribution in [1.82, 2.24) is 5.32 Å².